The lowest BCUT2D eigenvalue weighted by Crippen LogP contribution is -2.34. The van der Waals surface area contributed by atoms with Gasteiger partial charge in [0.2, 0.25) is 0 Å². The molecule has 1 aromatic heterocycles. The third-order valence-corrected chi connectivity index (χ3v) is 10.7. The first-order valence-electron chi connectivity index (χ1n) is 18.6. The second kappa shape index (κ2) is 13.6. The van der Waals surface area contributed by atoms with Crippen molar-refractivity contribution in [3.05, 3.63) is 222 Å². The molecule has 0 fully saturated rings. The fraction of sp³-hybridized carbons (Fsp3) is 0.0196. The highest BCUT2D eigenvalue weighted by molar-refractivity contribution is 5.93. The lowest BCUT2D eigenvalue weighted by atomic mass is 9.63. The van der Waals surface area contributed by atoms with Crippen molar-refractivity contribution in [3.8, 4) is 62.9 Å². The molecule has 1 aliphatic heterocycles. The van der Waals surface area contributed by atoms with Crippen LogP contribution in [0.15, 0.2) is 194 Å². The van der Waals surface area contributed by atoms with Gasteiger partial charge in [-0.05, 0) is 64.0 Å². The zero-order valence-corrected chi connectivity index (χ0v) is 30.2. The minimum Gasteiger partial charge on any atom is -0.456 e. The van der Waals surface area contributed by atoms with E-state index in [0.717, 1.165) is 61.2 Å². The number of fused-ring (bicyclic) bond motifs is 4. The van der Waals surface area contributed by atoms with Gasteiger partial charge >= 0.3 is 0 Å². The summed E-state index contributed by atoms with van der Waals surface area (Å²) in [5.74, 6) is 3.41. The molecule has 262 valence electrons. The SMILES string of the molecule is N#Cc1ccc(-c2nc(-c3ccccc3)nc(-c3ccc(-c4ccc5c(c4)C(c4ccccc4)(c4ccccc4)c4ccc6ccccc6c4O5)cc3)n2)cc1. The maximum absolute atomic E-state index is 9.35. The first-order chi connectivity index (χ1) is 27.7. The van der Waals surface area contributed by atoms with Crippen LogP contribution in [0.25, 0.3) is 56.1 Å². The normalized spacial score (nSPS) is 12.6. The molecule has 10 rings (SSSR count). The van der Waals surface area contributed by atoms with Crippen molar-refractivity contribution in [2.24, 2.45) is 0 Å². The number of ether oxygens (including phenoxy) is 1. The van der Waals surface area contributed by atoms with E-state index in [2.05, 4.69) is 146 Å². The molecule has 0 atom stereocenters. The van der Waals surface area contributed by atoms with Gasteiger partial charge in [-0.1, -0.05) is 158 Å². The Labute approximate surface area is 324 Å². The number of nitrogens with zero attached hydrogens (tertiary/aromatic N) is 4. The Morgan fingerprint density at radius 3 is 1.54 bits per heavy atom. The molecule has 0 aliphatic carbocycles. The Balaban J connectivity index is 1.11. The minimum atomic E-state index is -0.647. The fourth-order valence-electron chi connectivity index (χ4n) is 8.02. The maximum atomic E-state index is 9.35. The summed E-state index contributed by atoms with van der Waals surface area (Å²) < 4.78 is 6.93. The third kappa shape index (κ3) is 5.52. The molecule has 5 heteroatoms. The third-order valence-electron chi connectivity index (χ3n) is 10.7. The second-order valence-electron chi connectivity index (χ2n) is 13.9. The van der Waals surface area contributed by atoms with Crippen LogP contribution in [0.4, 0.5) is 0 Å². The highest BCUT2D eigenvalue weighted by Crippen LogP contribution is 2.57. The molecular formula is C51H32N4O. The summed E-state index contributed by atoms with van der Waals surface area (Å²) in [6.07, 6.45) is 0. The number of benzene rings is 8. The molecule has 0 bridgehead atoms. The van der Waals surface area contributed by atoms with Gasteiger partial charge in [0.15, 0.2) is 17.5 Å². The smallest absolute Gasteiger partial charge is 0.164 e. The Hall–Kier alpha value is -7.68. The Morgan fingerprint density at radius 2 is 0.929 bits per heavy atom. The first kappa shape index (κ1) is 32.9. The zero-order chi connectivity index (χ0) is 37.5. The fourth-order valence-corrected chi connectivity index (χ4v) is 8.02. The molecule has 0 N–H and O–H groups in total. The summed E-state index contributed by atoms with van der Waals surface area (Å²) in [4.78, 5) is 14.7. The van der Waals surface area contributed by atoms with Gasteiger partial charge < -0.3 is 4.74 Å². The largest absolute Gasteiger partial charge is 0.456 e. The van der Waals surface area contributed by atoms with Crippen molar-refractivity contribution >= 4 is 10.8 Å². The van der Waals surface area contributed by atoms with E-state index in [9.17, 15) is 5.26 Å². The molecule has 0 unspecified atom stereocenters. The van der Waals surface area contributed by atoms with Gasteiger partial charge in [-0.25, -0.2) is 15.0 Å². The number of aromatic nitrogens is 3. The van der Waals surface area contributed by atoms with E-state index in [4.69, 9.17) is 19.7 Å². The van der Waals surface area contributed by atoms with Crippen LogP contribution in [0.5, 0.6) is 11.5 Å². The van der Waals surface area contributed by atoms with Crippen molar-refractivity contribution in [3.63, 3.8) is 0 Å². The topological polar surface area (TPSA) is 71.7 Å². The molecular weight excluding hydrogens is 685 g/mol. The van der Waals surface area contributed by atoms with Crippen molar-refractivity contribution < 1.29 is 4.74 Å². The summed E-state index contributed by atoms with van der Waals surface area (Å²) in [7, 11) is 0. The molecule has 5 nitrogen and oxygen atoms in total. The zero-order valence-electron chi connectivity index (χ0n) is 30.2. The summed E-state index contributed by atoms with van der Waals surface area (Å²) in [5.41, 5.74) is 9.16. The highest BCUT2D eigenvalue weighted by Gasteiger charge is 2.46. The van der Waals surface area contributed by atoms with Gasteiger partial charge in [0.05, 0.1) is 17.0 Å². The minimum absolute atomic E-state index is 0.545. The molecule has 0 radical (unpaired) electrons. The molecule has 1 aliphatic rings. The monoisotopic (exact) mass is 716 g/mol. The Kier molecular flexibility index (Phi) is 8.01. The Bertz CT molecular complexity index is 2880. The van der Waals surface area contributed by atoms with E-state index >= 15 is 0 Å². The average molecular weight is 717 g/mol. The summed E-state index contributed by atoms with van der Waals surface area (Å²) in [5, 5.41) is 11.6. The molecule has 0 saturated heterocycles. The van der Waals surface area contributed by atoms with Crippen molar-refractivity contribution in [1.82, 2.24) is 15.0 Å². The van der Waals surface area contributed by atoms with Crippen LogP contribution < -0.4 is 4.74 Å². The van der Waals surface area contributed by atoms with Crippen LogP contribution in [-0.4, -0.2) is 15.0 Å². The van der Waals surface area contributed by atoms with Gasteiger partial charge in [-0.2, -0.15) is 5.26 Å². The molecule has 2 heterocycles. The van der Waals surface area contributed by atoms with Gasteiger partial charge in [-0.3, -0.25) is 0 Å². The Morgan fingerprint density at radius 1 is 0.429 bits per heavy atom. The summed E-state index contributed by atoms with van der Waals surface area (Å²) in [6, 6.07) is 68.8. The van der Waals surface area contributed by atoms with Crippen molar-refractivity contribution in [2.45, 2.75) is 5.41 Å². The average Bonchev–Trinajstić information content (AvgIpc) is 3.29. The van der Waals surface area contributed by atoms with Crippen LogP contribution in [-0.2, 0) is 5.41 Å². The lowest BCUT2D eigenvalue weighted by molar-refractivity contribution is 0.440. The van der Waals surface area contributed by atoms with E-state index in [1.807, 2.05) is 42.5 Å². The van der Waals surface area contributed by atoms with Crippen LogP contribution in [0.1, 0.15) is 27.8 Å². The van der Waals surface area contributed by atoms with Gasteiger partial charge in [0.25, 0.3) is 0 Å². The van der Waals surface area contributed by atoms with Gasteiger partial charge in [0, 0.05) is 33.2 Å². The van der Waals surface area contributed by atoms with E-state index in [0.29, 0.717) is 23.0 Å². The lowest BCUT2D eigenvalue weighted by Gasteiger charge is -2.42. The number of hydrogen-bond acceptors (Lipinski definition) is 5. The van der Waals surface area contributed by atoms with Crippen LogP contribution in [0, 0.1) is 11.3 Å². The van der Waals surface area contributed by atoms with E-state index in [1.165, 1.54) is 11.1 Å². The summed E-state index contributed by atoms with van der Waals surface area (Å²) >= 11 is 0. The molecule has 8 aromatic carbocycles. The number of nitriles is 1. The summed E-state index contributed by atoms with van der Waals surface area (Å²) in [6.45, 7) is 0. The number of hydrogen-bond donors (Lipinski definition) is 0. The van der Waals surface area contributed by atoms with Crippen molar-refractivity contribution in [1.29, 1.82) is 5.26 Å². The van der Waals surface area contributed by atoms with E-state index in [-0.39, 0.29) is 0 Å². The predicted octanol–water partition coefficient (Wildman–Crippen LogP) is 12.1. The van der Waals surface area contributed by atoms with Gasteiger partial charge in [-0.15, -0.1) is 0 Å². The van der Waals surface area contributed by atoms with Gasteiger partial charge in [0.1, 0.15) is 11.5 Å². The van der Waals surface area contributed by atoms with E-state index in [1.54, 1.807) is 12.1 Å². The second-order valence-corrected chi connectivity index (χ2v) is 13.9. The van der Waals surface area contributed by atoms with Crippen molar-refractivity contribution in [2.75, 3.05) is 0 Å². The number of rotatable bonds is 6. The quantitative estimate of drug-likeness (QED) is 0.171. The highest BCUT2D eigenvalue weighted by atomic mass is 16.5. The standard InChI is InChI=1S/C51H32N4O/c52-33-34-20-22-38(23-21-34)49-53-48(37-13-4-1-5-14-37)54-50(55-49)39-26-24-35(25-27-39)40-29-31-46-45(32-40)51(41-15-6-2-7-16-41,42-17-8-3-9-18-42)44-30-28-36-12-10-11-19-43(36)47(44)56-46/h1-32H. The molecule has 0 amide bonds. The maximum Gasteiger partial charge on any atom is 0.164 e. The van der Waals surface area contributed by atoms with Crippen LogP contribution in [0.3, 0.4) is 0 Å². The van der Waals surface area contributed by atoms with E-state index < -0.39 is 5.41 Å². The first-order valence-corrected chi connectivity index (χ1v) is 18.6. The predicted molar refractivity (Wildman–Crippen MR) is 222 cm³/mol. The molecule has 0 saturated carbocycles. The van der Waals surface area contributed by atoms with Crippen LogP contribution >= 0.6 is 0 Å². The molecule has 9 aromatic rings. The molecule has 0 spiro atoms. The van der Waals surface area contributed by atoms with Crippen LogP contribution in [0.2, 0.25) is 0 Å². The molecule has 56 heavy (non-hydrogen) atoms.